The van der Waals surface area contributed by atoms with Crippen LogP contribution in [-0.2, 0) is 4.74 Å². The van der Waals surface area contributed by atoms with Crippen LogP contribution < -0.4 is 5.73 Å². The lowest BCUT2D eigenvalue weighted by Crippen LogP contribution is -2.04. The number of nitrogens with two attached hydrogens (primary N) is 1. The number of rotatable bonds is 3. The molecular weight excluding hydrogens is 222 g/mol. The number of hydrogen-bond donors (Lipinski definition) is 1. The van der Waals surface area contributed by atoms with E-state index in [2.05, 4.69) is 10.1 Å². The molecule has 0 unspecified atom stereocenters. The molecule has 1 aromatic carbocycles. The molecule has 0 fully saturated rings. The van der Waals surface area contributed by atoms with Gasteiger partial charge in [0.15, 0.2) is 0 Å². The molecule has 1 heterocycles. The van der Waals surface area contributed by atoms with Crippen molar-refractivity contribution in [2.45, 2.75) is 6.92 Å². The van der Waals surface area contributed by atoms with E-state index in [1.165, 1.54) is 0 Å². The Bertz CT molecular complexity index is 536. The number of benzene rings is 1. The van der Waals surface area contributed by atoms with Crippen molar-refractivity contribution in [3.63, 3.8) is 0 Å². The molecule has 0 saturated heterocycles. The van der Waals surface area contributed by atoms with Gasteiger partial charge in [-0.1, -0.05) is 17.3 Å². The Labute approximate surface area is 97.4 Å². The molecule has 6 heteroatoms. The van der Waals surface area contributed by atoms with Gasteiger partial charge in [0.05, 0.1) is 6.61 Å². The lowest BCUT2D eigenvalue weighted by molar-refractivity contribution is 0.0470. The Morgan fingerprint density at radius 3 is 3.06 bits per heavy atom. The average molecular weight is 233 g/mol. The minimum Gasteiger partial charge on any atom is -0.459 e. The van der Waals surface area contributed by atoms with Crippen LogP contribution in [0, 0.1) is 0 Å². The van der Waals surface area contributed by atoms with Crippen LogP contribution in [0.25, 0.3) is 11.4 Å². The van der Waals surface area contributed by atoms with Crippen LogP contribution in [-0.4, -0.2) is 22.7 Å². The van der Waals surface area contributed by atoms with Crippen molar-refractivity contribution in [1.29, 1.82) is 0 Å². The van der Waals surface area contributed by atoms with Gasteiger partial charge in [0.1, 0.15) is 0 Å². The largest absolute Gasteiger partial charge is 0.459 e. The second kappa shape index (κ2) is 4.65. The zero-order chi connectivity index (χ0) is 12.3. The molecule has 88 valence electrons. The SMILES string of the molecule is CCOC(=O)c1nc(-c2cccc(N)c2)no1. The lowest BCUT2D eigenvalue weighted by Gasteiger charge is -1.95. The van der Waals surface area contributed by atoms with Gasteiger partial charge in [0.2, 0.25) is 5.82 Å². The number of carbonyl (C=O) groups excluding carboxylic acids is 1. The Balaban J connectivity index is 2.27. The zero-order valence-corrected chi connectivity index (χ0v) is 9.21. The quantitative estimate of drug-likeness (QED) is 0.638. The van der Waals surface area contributed by atoms with E-state index in [1.807, 2.05) is 0 Å². The van der Waals surface area contributed by atoms with Gasteiger partial charge in [0, 0.05) is 11.3 Å². The molecule has 2 aromatic rings. The van der Waals surface area contributed by atoms with Crippen LogP contribution in [0.4, 0.5) is 5.69 Å². The van der Waals surface area contributed by atoms with Crippen molar-refractivity contribution in [3.8, 4) is 11.4 Å². The summed E-state index contributed by atoms with van der Waals surface area (Å²) in [4.78, 5) is 15.2. The summed E-state index contributed by atoms with van der Waals surface area (Å²) in [7, 11) is 0. The van der Waals surface area contributed by atoms with Crippen LogP contribution in [0.3, 0.4) is 0 Å². The molecule has 1 aromatic heterocycles. The Morgan fingerprint density at radius 1 is 1.53 bits per heavy atom. The maximum Gasteiger partial charge on any atom is 0.397 e. The van der Waals surface area contributed by atoms with Gasteiger partial charge in [-0.3, -0.25) is 0 Å². The van der Waals surface area contributed by atoms with Crippen molar-refractivity contribution < 1.29 is 14.1 Å². The smallest absolute Gasteiger partial charge is 0.397 e. The van der Waals surface area contributed by atoms with Crippen molar-refractivity contribution in [2.75, 3.05) is 12.3 Å². The van der Waals surface area contributed by atoms with Crippen LogP contribution >= 0.6 is 0 Å². The van der Waals surface area contributed by atoms with E-state index in [0.717, 1.165) is 0 Å². The molecule has 0 radical (unpaired) electrons. The molecule has 6 nitrogen and oxygen atoms in total. The number of nitrogen functional groups attached to an aromatic ring is 1. The number of hydrogen-bond acceptors (Lipinski definition) is 6. The molecular formula is C11H11N3O3. The standard InChI is InChI=1S/C11H11N3O3/c1-2-16-11(15)10-13-9(14-17-10)7-4-3-5-8(12)6-7/h3-6H,2,12H2,1H3. The maximum atomic E-state index is 11.3. The molecule has 0 aliphatic heterocycles. The highest BCUT2D eigenvalue weighted by Gasteiger charge is 2.16. The Hall–Kier alpha value is -2.37. The van der Waals surface area contributed by atoms with E-state index >= 15 is 0 Å². The molecule has 0 saturated carbocycles. The van der Waals surface area contributed by atoms with Crippen molar-refractivity contribution >= 4 is 11.7 Å². The Kier molecular flexibility index (Phi) is 3.04. The fourth-order valence-electron chi connectivity index (χ4n) is 1.29. The first-order valence-corrected chi connectivity index (χ1v) is 5.07. The summed E-state index contributed by atoms with van der Waals surface area (Å²) >= 11 is 0. The minimum absolute atomic E-state index is 0.163. The van der Waals surface area contributed by atoms with E-state index in [-0.39, 0.29) is 12.5 Å². The summed E-state index contributed by atoms with van der Waals surface area (Å²) in [5.41, 5.74) is 6.90. The van der Waals surface area contributed by atoms with Crippen LogP contribution in [0.15, 0.2) is 28.8 Å². The summed E-state index contributed by atoms with van der Waals surface area (Å²) in [5, 5.41) is 3.69. The maximum absolute atomic E-state index is 11.3. The zero-order valence-electron chi connectivity index (χ0n) is 9.21. The summed E-state index contributed by atoms with van der Waals surface area (Å²) < 4.78 is 9.54. The van der Waals surface area contributed by atoms with Crippen molar-refractivity contribution in [1.82, 2.24) is 10.1 Å². The molecule has 0 aliphatic rings. The molecule has 2 rings (SSSR count). The molecule has 0 amide bonds. The van der Waals surface area contributed by atoms with Gasteiger partial charge >= 0.3 is 11.9 Å². The monoisotopic (exact) mass is 233 g/mol. The van der Waals surface area contributed by atoms with Crippen LogP contribution in [0.5, 0.6) is 0 Å². The highest BCUT2D eigenvalue weighted by Crippen LogP contribution is 2.18. The van der Waals surface area contributed by atoms with Gasteiger partial charge in [-0.05, 0) is 19.1 Å². The number of ether oxygens (including phenoxy) is 1. The molecule has 0 atom stereocenters. The minimum atomic E-state index is -0.629. The predicted molar refractivity (Wildman–Crippen MR) is 60.1 cm³/mol. The summed E-state index contributed by atoms with van der Waals surface area (Å²) in [6, 6.07) is 6.98. The van der Waals surface area contributed by atoms with Crippen molar-refractivity contribution in [3.05, 3.63) is 30.2 Å². The first-order valence-electron chi connectivity index (χ1n) is 5.07. The molecule has 0 aliphatic carbocycles. The molecule has 0 spiro atoms. The van der Waals surface area contributed by atoms with Gasteiger partial charge in [0.25, 0.3) is 0 Å². The summed E-state index contributed by atoms with van der Waals surface area (Å²) in [5.74, 6) is -0.486. The normalized spacial score (nSPS) is 10.2. The van der Waals surface area contributed by atoms with E-state index in [1.54, 1.807) is 31.2 Å². The number of nitrogens with zero attached hydrogens (tertiary/aromatic N) is 2. The average Bonchev–Trinajstić information content (AvgIpc) is 2.78. The van der Waals surface area contributed by atoms with E-state index in [0.29, 0.717) is 17.1 Å². The summed E-state index contributed by atoms with van der Waals surface area (Å²) in [6.45, 7) is 1.96. The van der Waals surface area contributed by atoms with E-state index < -0.39 is 5.97 Å². The fourth-order valence-corrected chi connectivity index (χ4v) is 1.29. The van der Waals surface area contributed by atoms with E-state index in [9.17, 15) is 4.79 Å². The predicted octanol–water partition coefficient (Wildman–Crippen LogP) is 1.50. The third-order valence-electron chi connectivity index (χ3n) is 2.02. The number of anilines is 1. The lowest BCUT2D eigenvalue weighted by atomic mass is 10.2. The first kappa shape index (κ1) is 11.1. The van der Waals surface area contributed by atoms with Crippen LogP contribution in [0.1, 0.15) is 17.6 Å². The molecule has 2 N–H and O–H groups in total. The first-order chi connectivity index (χ1) is 8.20. The highest BCUT2D eigenvalue weighted by molar-refractivity contribution is 5.84. The van der Waals surface area contributed by atoms with Gasteiger partial charge in [-0.2, -0.15) is 4.98 Å². The number of aromatic nitrogens is 2. The van der Waals surface area contributed by atoms with E-state index in [4.69, 9.17) is 15.0 Å². The number of esters is 1. The third kappa shape index (κ3) is 2.41. The van der Waals surface area contributed by atoms with Gasteiger partial charge in [-0.25, -0.2) is 4.79 Å². The van der Waals surface area contributed by atoms with Crippen molar-refractivity contribution in [2.24, 2.45) is 0 Å². The second-order valence-electron chi connectivity index (χ2n) is 3.27. The summed E-state index contributed by atoms with van der Waals surface area (Å²) in [6.07, 6.45) is 0. The molecule has 0 bridgehead atoms. The topological polar surface area (TPSA) is 91.2 Å². The Morgan fingerprint density at radius 2 is 2.35 bits per heavy atom. The highest BCUT2D eigenvalue weighted by atomic mass is 16.6. The van der Waals surface area contributed by atoms with Crippen LogP contribution in [0.2, 0.25) is 0 Å². The second-order valence-corrected chi connectivity index (χ2v) is 3.27. The number of carbonyl (C=O) groups is 1. The fraction of sp³-hybridized carbons (Fsp3) is 0.182. The molecule has 17 heavy (non-hydrogen) atoms. The van der Waals surface area contributed by atoms with Gasteiger partial charge in [-0.15, -0.1) is 0 Å². The van der Waals surface area contributed by atoms with Gasteiger partial charge < -0.3 is 15.0 Å². The third-order valence-corrected chi connectivity index (χ3v) is 2.02.